The summed E-state index contributed by atoms with van der Waals surface area (Å²) in [5.74, 6) is -5.43. The van der Waals surface area contributed by atoms with Crippen molar-refractivity contribution in [1.29, 1.82) is 0 Å². The molecule has 0 saturated carbocycles. The second kappa shape index (κ2) is 4.22. The molecular weight excluding hydrogens is 358 g/mol. The molecule has 22 heavy (non-hydrogen) atoms. The first-order valence-corrected chi connectivity index (χ1v) is 7.46. The molecule has 0 bridgehead atoms. The number of phenols is 1. The molecule has 14 nitrogen and oxygen atoms in total. The maximum atomic E-state index is 11.2. The first kappa shape index (κ1) is 14.4. The van der Waals surface area contributed by atoms with Gasteiger partial charge >= 0.3 is 26.5 Å². The Balaban J connectivity index is 2.32. The summed E-state index contributed by atoms with van der Waals surface area (Å²) < 4.78 is 60.4. The molecule has 2 aliphatic heterocycles. The lowest BCUT2D eigenvalue weighted by atomic mass is 10.2. The lowest BCUT2D eigenvalue weighted by molar-refractivity contribution is -0.386. The molecule has 0 fully saturated rings. The molecule has 0 radical (unpaired) electrons. The number of fused-ring (bicyclic) bond motifs is 3. The largest absolute Gasteiger partial charge is 0.501 e. The van der Waals surface area contributed by atoms with Crippen LogP contribution in [0.2, 0.25) is 0 Å². The highest BCUT2D eigenvalue weighted by Gasteiger charge is 2.47. The minimum absolute atomic E-state index is 0.972. The fourth-order valence-electron chi connectivity index (χ4n) is 1.50. The predicted octanol–water partition coefficient (Wildman–Crippen LogP) is -0.804. The van der Waals surface area contributed by atoms with Gasteiger partial charge in [0.2, 0.25) is 11.5 Å². The van der Waals surface area contributed by atoms with E-state index in [-0.39, 0.29) is 0 Å². The van der Waals surface area contributed by atoms with E-state index in [1.54, 1.807) is 0 Å². The van der Waals surface area contributed by atoms with E-state index in [2.05, 4.69) is 26.8 Å². The number of hydrogen-bond acceptors (Lipinski definition) is 13. The van der Waals surface area contributed by atoms with Crippen LogP contribution >= 0.6 is 0 Å². The van der Waals surface area contributed by atoms with Gasteiger partial charge in [0, 0.05) is 0 Å². The Kier molecular flexibility index (Phi) is 2.76. The number of nitro benzene ring substituents is 1. The van der Waals surface area contributed by atoms with Crippen LogP contribution in [0.1, 0.15) is 0 Å². The van der Waals surface area contributed by atoms with Crippen LogP contribution in [0.25, 0.3) is 0 Å². The standard InChI is InChI=1S/C6HNO13S2/c8-2-1(7(9)10)3-6(18-21(11,12)17-3)5-4(2)15-19-22(13,14)20-16-5/h8H. The van der Waals surface area contributed by atoms with Gasteiger partial charge in [-0.25, -0.2) is 0 Å². The molecule has 2 aliphatic rings. The van der Waals surface area contributed by atoms with Crippen molar-refractivity contribution in [3.05, 3.63) is 10.1 Å². The molecule has 120 valence electrons. The Labute approximate surface area is 119 Å². The minimum Gasteiger partial charge on any atom is -0.499 e. The number of nitrogens with zero attached hydrogens (tertiary/aromatic N) is 1. The molecule has 0 aliphatic carbocycles. The highest BCUT2D eigenvalue weighted by atomic mass is 32.3. The van der Waals surface area contributed by atoms with E-state index in [9.17, 15) is 32.1 Å². The van der Waals surface area contributed by atoms with E-state index in [1.807, 2.05) is 0 Å². The van der Waals surface area contributed by atoms with Gasteiger partial charge in [0.1, 0.15) is 0 Å². The van der Waals surface area contributed by atoms with Crippen LogP contribution in [0.5, 0.6) is 28.7 Å². The molecule has 0 saturated heterocycles. The average molecular weight is 359 g/mol. The Hall–Kier alpha value is -2.56. The third kappa shape index (κ3) is 2.09. The number of nitro groups is 1. The first-order chi connectivity index (χ1) is 10.1. The quantitative estimate of drug-likeness (QED) is 0.373. The minimum atomic E-state index is -4.85. The van der Waals surface area contributed by atoms with Crippen molar-refractivity contribution in [2.45, 2.75) is 0 Å². The van der Waals surface area contributed by atoms with Crippen molar-refractivity contribution >= 4 is 26.5 Å². The second-order valence-electron chi connectivity index (χ2n) is 3.56. The van der Waals surface area contributed by atoms with Gasteiger partial charge in [-0.05, 0) is 8.67 Å². The van der Waals surface area contributed by atoms with Gasteiger partial charge in [-0.2, -0.15) is 8.42 Å². The Morgan fingerprint density at radius 2 is 1.41 bits per heavy atom. The van der Waals surface area contributed by atoms with Crippen molar-refractivity contribution in [2.24, 2.45) is 0 Å². The summed E-state index contributed by atoms with van der Waals surface area (Å²) in [7, 11) is -9.60. The third-order valence-electron chi connectivity index (χ3n) is 2.23. The van der Waals surface area contributed by atoms with Gasteiger partial charge in [-0.1, -0.05) is 0 Å². The molecule has 2 heterocycles. The van der Waals surface area contributed by atoms with E-state index >= 15 is 0 Å². The zero-order valence-electron chi connectivity index (χ0n) is 9.61. The Morgan fingerprint density at radius 1 is 0.864 bits per heavy atom. The second-order valence-corrected chi connectivity index (χ2v) is 5.80. The topological polar surface area (TPSA) is 187 Å². The summed E-state index contributed by atoms with van der Waals surface area (Å²) >= 11 is 0. The summed E-state index contributed by atoms with van der Waals surface area (Å²) in [5.41, 5.74) is -1.29. The zero-order valence-corrected chi connectivity index (χ0v) is 11.2. The molecule has 0 spiro atoms. The number of aromatic hydroxyl groups is 1. The van der Waals surface area contributed by atoms with Crippen molar-refractivity contribution < 1.29 is 53.7 Å². The zero-order chi connectivity index (χ0) is 16.3. The first-order valence-electron chi connectivity index (χ1n) is 4.80. The van der Waals surface area contributed by atoms with Gasteiger partial charge < -0.3 is 23.2 Å². The molecule has 1 N–H and O–H groups in total. The van der Waals surface area contributed by atoms with Crippen molar-refractivity contribution in [3.63, 3.8) is 0 Å². The van der Waals surface area contributed by atoms with E-state index in [4.69, 9.17) is 0 Å². The van der Waals surface area contributed by atoms with Gasteiger partial charge in [-0.15, -0.1) is 8.42 Å². The average Bonchev–Trinajstić information content (AvgIpc) is 2.58. The van der Waals surface area contributed by atoms with Crippen LogP contribution in [-0.4, -0.2) is 26.9 Å². The molecule has 16 heteroatoms. The van der Waals surface area contributed by atoms with Crippen LogP contribution in [0.15, 0.2) is 0 Å². The van der Waals surface area contributed by atoms with Crippen LogP contribution in [-0.2, 0) is 29.5 Å². The van der Waals surface area contributed by atoms with Gasteiger partial charge in [0.05, 0.1) is 4.92 Å². The summed E-state index contributed by atoms with van der Waals surface area (Å²) in [5, 5.41) is 20.6. The Morgan fingerprint density at radius 3 is 2.00 bits per heavy atom. The molecule has 0 unspecified atom stereocenters. The van der Waals surface area contributed by atoms with Crippen LogP contribution in [0, 0.1) is 10.1 Å². The highest BCUT2D eigenvalue weighted by molar-refractivity contribution is 7.83. The SMILES string of the molecule is O=[N+]([O-])c1c(O)c2c(c3c1OS(=O)(=O)O3)OOS(=O)(=O)OO2. The third-order valence-corrected chi connectivity index (χ3v) is 3.44. The van der Waals surface area contributed by atoms with Gasteiger partial charge in [-0.3, -0.25) is 10.1 Å². The van der Waals surface area contributed by atoms with Gasteiger partial charge in [0.25, 0.3) is 17.2 Å². The number of rotatable bonds is 1. The fourth-order valence-corrected chi connectivity index (χ4v) is 2.57. The summed E-state index contributed by atoms with van der Waals surface area (Å²) in [4.78, 5) is 18.1. The highest BCUT2D eigenvalue weighted by Crippen LogP contribution is 2.60. The molecule has 0 amide bonds. The molecule has 3 rings (SSSR count). The summed E-state index contributed by atoms with van der Waals surface area (Å²) in [6, 6.07) is 0. The van der Waals surface area contributed by atoms with E-state index in [0.717, 1.165) is 0 Å². The van der Waals surface area contributed by atoms with E-state index in [1.165, 1.54) is 0 Å². The maximum Gasteiger partial charge on any atom is 0.501 e. The lowest BCUT2D eigenvalue weighted by Crippen LogP contribution is -2.11. The molecule has 1 aromatic carbocycles. The number of phenolic OH excluding ortho intramolecular Hbond substituents is 1. The molecule has 0 aromatic heterocycles. The number of benzene rings is 1. The normalized spacial score (nSPS) is 20.2. The summed E-state index contributed by atoms with van der Waals surface area (Å²) in [6.07, 6.45) is 0. The monoisotopic (exact) mass is 359 g/mol. The molecular formula is C6HNO13S2. The van der Waals surface area contributed by atoms with E-state index in [0.29, 0.717) is 0 Å². The summed E-state index contributed by atoms with van der Waals surface area (Å²) in [6.45, 7) is 0. The smallest absolute Gasteiger partial charge is 0.499 e. The number of hydrogen-bond donors (Lipinski definition) is 1. The van der Waals surface area contributed by atoms with E-state index < -0.39 is 60.2 Å². The van der Waals surface area contributed by atoms with Gasteiger partial charge in [0.15, 0.2) is 0 Å². The maximum absolute atomic E-state index is 11.2. The lowest BCUT2D eigenvalue weighted by Gasteiger charge is -2.06. The van der Waals surface area contributed by atoms with Crippen molar-refractivity contribution in [3.8, 4) is 28.7 Å². The van der Waals surface area contributed by atoms with Crippen LogP contribution in [0.4, 0.5) is 5.69 Å². The fraction of sp³-hybridized carbons (Fsp3) is 0. The molecule has 0 atom stereocenters. The van der Waals surface area contributed by atoms with Crippen LogP contribution < -0.4 is 18.1 Å². The Bertz CT molecular complexity index is 899. The van der Waals surface area contributed by atoms with Crippen molar-refractivity contribution in [2.75, 3.05) is 0 Å². The van der Waals surface area contributed by atoms with Crippen molar-refractivity contribution in [1.82, 2.24) is 0 Å². The molecule has 1 aromatic rings. The van der Waals surface area contributed by atoms with Crippen LogP contribution in [0.3, 0.4) is 0 Å². The predicted molar refractivity (Wildman–Crippen MR) is 57.3 cm³/mol.